The molecule has 0 radical (unpaired) electrons. The number of aryl methyl sites for hydroxylation is 1. The van der Waals surface area contributed by atoms with Crippen molar-refractivity contribution in [3.05, 3.63) is 90.0 Å². The Bertz CT molecular complexity index is 2010. The fourth-order valence-corrected chi connectivity index (χ4v) is 6.51. The minimum Gasteiger partial charge on any atom is -0.405 e. The molecular formula is C36H36F3N9O2. The van der Waals surface area contributed by atoms with Crippen LogP contribution >= 0.6 is 0 Å². The maximum Gasteiger partial charge on any atom is 0.573 e. The van der Waals surface area contributed by atoms with Gasteiger partial charge in [-0.3, -0.25) is 14.8 Å². The van der Waals surface area contributed by atoms with Gasteiger partial charge in [-0.2, -0.15) is 4.98 Å². The van der Waals surface area contributed by atoms with Crippen LogP contribution in [0, 0.1) is 6.92 Å². The monoisotopic (exact) mass is 683 g/mol. The number of aromatic nitrogens is 5. The highest BCUT2D eigenvalue weighted by Crippen LogP contribution is 2.37. The minimum absolute atomic E-state index is 0.213. The number of amides is 2. The van der Waals surface area contributed by atoms with Gasteiger partial charge in [0, 0.05) is 47.2 Å². The normalized spacial score (nSPS) is 15.7. The number of urea groups is 1. The Morgan fingerprint density at radius 2 is 1.80 bits per heavy atom. The van der Waals surface area contributed by atoms with E-state index < -0.39 is 6.36 Å². The molecule has 2 aliphatic rings. The van der Waals surface area contributed by atoms with E-state index in [1.807, 2.05) is 31.2 Å². The number of hydrogen-bond donors (Lipinski definition) is 2. The number of rotatable bonds is 8. The fourth-order valence-electron chi connectivity index (χ4n) is 6.51. The third-order valence-electron chi connectivity index (χ3n) is 9.25. The van der Waals surface area contributed by atoms with Gasteiger partial charge >= 0.3 is 12.4 Å². The molecule has 0 aliphatic carbocycles. The Morgan fingerprint density at radius 1 is 1.00 bits per heavy atom. The topological polar surface area (TPSA) is 115 Å². The van der Waals surface area contributed by atoms with Gasteiger partial charge in [0.15, 0.2) is 0 Å². The lowest BCUT2D eigenvalue weighted by atomic mass is 9.93. The molecule has 2 aliphatic heterocycles. The number of nitrogens with one attached hydrogen (secondary N) is 2. The number of nitrogens with zero attached hydrogens (tertiary/aromatic N) is 7. The molecule has 0 saturated carbocycles. The van der Waals surface area contributed by atoms with E-state index in [1.165, 1.54) is 29.3 Å². The van der Waals surface area contributed by atoms with Crippen LogP contribution in [0.25, 0.3) is 22.6 Å². The Labute approximate surface area is 287 Å². The SMILES string of the molecule is CCN1CCC(c2ccc(Nc3ncc4c(n3)N(C)C(=O)N(c3cc(-c5ncc(-c6ccccc6OC(F)(F)F)[nH]5)ccc3C)C4)cn2)CC1. The van der Waals surface area contributed by atoms with E-state index in [1.54, 1.807) is 30.4 Å². The van der Waals surface area contributed by atoms with Crippen molar-refractivity contribution in [3.8, 4) is 28.4 Å². The molecule has 0 unspecified atom stereocenters. The summed E-state index contributed by atoms with van der Waals surface area (Å²) in [4.78, 5) is 40.8. The number of likely N-dealkylation sites (tertiary alicyclic amines) is 1. The predicted molar refractivity (Wildman–Crippen MR) is 185 cm³/mol. The van der Waals surface area contributed by atoms with Crippen LogP contribution < -0.4 is 19.9 Å². The number of alkyl halides is 3. The van der Waals surface area contributed by atoms with E-state index in [-0.39, 0.29) is 23.9 Å². The summed E-state index contributed by atoms with van der Waals surface area (Å²) in [7, 11) is 1.67. The van der Waals surface area contributed by atoms with Crippen molar-refractivity contribution < 1.29 is 22.7 Å². The van der Waals surface area contributed by atoms with Gasteiger partial charge in [0.25, 0.3) is 0 Å². The van der Waals surface area contributed by atoms with Gasteiger partial charge < -0.3 is 19.9 Å². The summed E-state index contributed by atoms with van der Waals surface area (Å²) in [6.07, 6.45) is 2.33. The van der Waals surface area contributed by atoms with E-state index in [0.717, 1.165) is 55.0 Å². The Kier molecular flexibility index (Phi) is 8.87. The quantitative estimate of drug-likeness (QED) is 0.171. The molecule has 2 amide bonds. The highest BCUT2D eigenvalue weighted by Gasteiger charge is 2.33. The number of anilines is 4. The zero-order chi connectivity index (χ0) is 35.0. The minimum atomic E-state index is -4.84. The summed E-state index contributed by atoms with van der Waals surface area (Å²) in [5.74, 6) is 1.40. The molecule has 258 valence electrons. The highest BCUT2D eigenvalue weighted by atomic mass is 19.4. The number of para-hydroxylation sites is 1. The van der Waals surface area contributed by atoms with Gasteiger partial charge in [-0.25, -0.2) is 14.8 Å². The zero-order valence-corrected chi connectivity index (χ0v) is 27.8. The highest BCUT2D eigenvalue weighted by molar-refractivity contribution is 6.05. The van der Waals surface area contributed by atoms with Gasteiger partial charge in [-0.05, 0) is 75.3 Å². The van der Waals surface area contributed by atoms with Gasteiger partial charge in [0.05, 0.1) is 30.3 Å². The maximum absolute atomic E-state index is 13.8. The Morgan fingerprint density at radius 3 is 2.54 bits per heavy atom. The Hall–Kier alpha value is -5.50. The van der Waals surface area contributed by atoms with Crippen LogP contribution in [-0.4, -0.2) is 68.9 Å². The molecule has 0 bridgehead atoms. The van der Waals surface area contributed by atoms with E-state index >= 15 is 0 Å². The molecule has 1 saturated heterocycles. The standard InChI is InChI=1S/C36H36F3N9O2/c1-4-47-15-13-23(14-16-47)28-12-11-26(19-40-28)43-34-42-18-25-21-48(35(49)46(3)33(25)45-34)30-17-24(10-9-22(30)2)32-41-20-29(44-32)27-7-5-6-8-31(27)50-36(37,38)39/h5-12,17-20,23H,4,13-16,21H2,1-3H3,(H,41,44)(H,42,43,45). The maximum atomic E-state index is 13.8. The van der Waals surface area contributed by atoms with Crippen LogP contribution in [0.2, 0.25) is 0 Å². The number of piperidine rings is 1. The molecule has 50 heavy (non-hydrogen) atoms. The largest absolute Gasteiger partial charge is 0.573 e. The Balaban J connectivity index is 1.08. The molecule has 7 rings (SSSR count). The number of hydrogen-bond acceptors (Lipinski definition) is 8. The van der Waals surface area contributed by atoms with Crippen molar-refractivity contribution in [2.75, 3.05) is 41.8 Å². The van der Waals surface area contributed by atoms with Gasteiger partial charge in [0.2, 0.25) is 5.95 Å². The number of carbonyl (C=O) groups is 1. The first-order chi connectivity index (χ1) is 24.1. The lowest BCUT2D eigenvalue weighted by Crippen LogP contribution is -2.46. The van der Waals surface area contributed by atoms with Crippen LogP contribution in [0.4, 0.5) is 41.1 Å². The summed E-state index contributed by atoms with van der Waals surface area (Å²) >= 11 is 0. The molecule has 2 aromatic carbocycles. The third-order valence-corrected chi connectivity index (χ3v) is 9.25. The second-order valence-electron chi connectivity index (χ2n) is 12.5. The summed E-state index contributed by atoms with van der Waals surface area (Å²) in [6, 6.07) is 15.2. The molecule has 3 aromatic heterocycles. The van der Waals surface area contributed by atoms with Crippen molar-refractivity contribution in [3.63, 3.8) is 0 Å². The first-order valence-electron chi connectivity index (χ1n) is 16.4. The molecule has 5 heterocycles. The number of carbonyl (C=O) groups excluding carboxylic acids is 1. The lowest BCUT2D eigenvalue weighted by Gasteiger charge is -2.35. The summed E-state index contributed by atoms with van der Waals surface area (Å²) in [6.45, 7) is 7.59. The average Bonchev–Trinajstić information content (AvgIpc) is 3.61. The average molecular weight is 684 g/mol. The van der Waals surface area contributed by atoms with Crippen LogP contribution in [0.15, 0.2) is 73.2 Å². The van der Waals surface area contributed by atoms with Crippen LogP contribution in [0.1, 0.15) is 42.5 Å². The molecule has 0 atom stereocenters. The number of pyridine rings is 1. The summed E-state index contributed by atoms with van der Waals surface area (Å²) in [5.41, 5.74) is 5.33. The van der Waals surface area contributed by atoms with E-state index in [2.05, 4.69) is 47.9 Å². The third kappa shape index (κ3) is 6.83. The second-order valence-corrected chi connectivity index (χ2v) is 12.5. The number of aromatic amines is 1. The summed E-state index contributed by atoms with van der Waals surface area (Å²) < 4.78 is 43.3. The van der Waals surface area contributed by atoms with Crippen molar-refractivity contribution in [1.29, 1.82) is 0 Å². The van der Waals surface area contributed by atoms with E-state index in [0.29, 0.717) is 40.5 Å². The smallest absolute Gasteiger partial charge is 0.405 e. The zero-order valence-electron chi connectivity index (χ0n) is 27.8. The van der Waals surface area contributed by atoms with Crippen molar-refractivity contribution in [2.45, 2.75) is 45.5 Å². The molecule has 5 aromatic rings. The number of fused-ring (bicyclic) bond motifs is 1. The van der Waals surface area contributed by atoms with Crippen molar-refractivity contribution in [1.82, 2.24) is 29.8 Å². The second kappa shape index (κ2) is 13.4. The molecule has 0 spiro atoms. The van der Waals surface area contributed by atoms with Crippen molar-refractivity contribution in [2.24, 2.45) is 0 Å². The lowest BCUT2D eigenvalue weighted by molar-refractivity contribution is -0.274. The predicted octanol–water partition coefficient (Wildman–Crippen LogP) is 7.66. The molecule has 11 nitrogen and oxygen atoms in total. The van der Waals surface area contributed by atoms with E-state index in [9.17, 15) is 18.0 Å². The first kappa shape index (κ1) is 33.0. The molecule has 14 heteroatoms. The van der Waals surface area contributed by atoms with Crippen LogP contribution in [-0.2, 0) is 6.54 Å². The number of ether oxygens (including phenoxy) is 1. The molecule has 1 fully saturated rings. The van der Waals surface area contributed by atoms with E-state index in [4.69, 9.17) is 4.98 Å². The van der Waals surface area contributed by atoms with Gasteiger partial charge in [-0.1, -0.05) is 31.2 Å². The fraction of sp³-hybridized carbons (Fsp3) is 0.306. The van der Waals surface area contributed by atoms with Gasteiger partial charge in [0.1, 0.15) is 17.4 Å². The number of benzene rings is 2. The summed E-state index contributed by atoms with van der Waals surface area (Å²) in [5, 5.41) is 3.22. The molecular weight excluding hydrogens is 647 g/mol. The number of H-pyrrole nitrogens is 1. The van der Waals surface area contributed by atoms with Crippen LogP contribution in [0.3, 0.4) is 0 Å². The first-order valence-corrected chi connectivity index (χ1v) is 16.4. The number of imidazole rings is 1. The van der Waals surface area contributed by atoms with Crippen LogP contribution in [0.5, 0.6) is 5.75 Å². The molecule has 2 N–H and O–H groups in total. The van der Waals surface area contributed by atoms with Crippen molar-refractivity contribution >= 4 is 29.2 Å². The van der Waals surface area contributed by atoms with Gasteiger partial charge in [-0.15, -0.1) is 13.2 Å². The number of halogens is 3.